The van der Waals surface area contributed by atoms with E-state index in [1.165, 1.54) is 0 Å². The number of nitrogens with zero attached hydrogens (tertiary/aromatic N) is 2. The first-order valence-corrected chi connectivity index (χ1v) is 6.77. The Bertz CT molecular complexity index is 739. The zero-order chi connectivity index (χ0) is 16.1. The standard InChI is InChI=1S/C15H13N5O3/c21-15(22)13-14(19-20-18-13)23-11-5-2-10(3-6-11)4-7-12-16-8-1-9-17-12/h1-3,5-6,8-9,13-14,18-20H,(H,21,22). The molecule has 2 aromatic rings. The summed E-state index contributed by atoms with van der Waals surface area (Å²) in [5, 5.41) is 9.03. The molecule has 0 spiro atoms. The number of benzene rings is 1. The van der Waals surface area contributed by atoms with Crippen LogP contribution in [0.25, 0.3) is 0 Å². The lowest BCUT2D eigenvalue weighted by Crippen LogP contribution is -2.44. The third-order valence-corrected chi connectivity index (χ3v) is 3.01. The molecule has 0 amide bonds. The van der Waals surface area contributed by atoms with Crippen molar-refractivity contribution in [1.29, 1.82) is 0 Å². The van der Waals surface area contributed by atoms with Gasteiger partial charge in [0.2, 0.25) is 5.82 Å². The Labute approximate surface area is 131 Å². The first kappa shape index (κ1) is 14.9. The molecule has 1 aromatic carbocycles. The fourth-order valence-electron chi connectivity index (χ4n) is 1.89. The van der Waals surface area contributed by atoms with Crippen molar-refractivity contribution < 1.29 is 14.6 Å². The number of aromatic nitrogens is 2. The average Bonchev–Trinajstić information content (AvgIpc) is 3.04. The number of aliphatic carboxylic acids is 1. The minimum atomic E-state index is -1.02. The van der Waals surface area contributed by atoms with Crippen molar-refractivity contribution in [3.63, 3.8) is 0 Å². The zero-order valence-corrected chi connectivity index (χ0v) is 11.9. The molecule has 1 aliphatic rings. The van der Waals surface area contributed by atoms with E-state index in [1.54, 1.807) is 42.7 Å². The molecule has 1 aromatic heterocycles. The number of nitrogens with one attached hydrogen (secondary N) is 3. The summed E-state index contributed by atoms with van der Waals surface area (Å²) in [7, 11) is 0. The number of carboxylic acids is 1. The lowest BCUT2D eigenvalue weighted by atomic mass is 10.2. The number of carboxylic acid groups (broad SMARTS) is 1. The van der Waals surface area contributed by atoms with Gasteiger partial charge >= 0.3 is 5.97 Å². The Morgan fingerprint density at radius 3 is 2.57 bits per heavy atom. The maximum absolute atomic E-state index is 11.0. The molecule has 8 nitrogen and oxygen atoms in total. The first-order valence-electron chi connectivity index (χ1n) is 6.77. The van der Waals surface area contributed by atoms with E-state index in [0.29, 0.717) is 11.6 Å². The molecule has 3 rings (SSSR count). The molecule has 0 saturated carbocycles. The number of hydrogen-bond donors (Lipinski definition) is 4. The molecule has 23 heavy (non-hydrogen) atoms. The molecular weight excluding hydrogens is 298 g/mol. The summed E-state index contributed by atoms with van der Waals surface area (Å²) in [6.45, 7) is 0. The minimum Gasteiger partial charge on any atom is -0.480 e. The van der Waals surface area contributed by atoms with Gasteiger partial charge in [-0.25, -0.2) is 20.8 Å². The maximum Gasteiger partial charge on any atom is 0.327 e. The average molecular weight is 311 g/mol. The molecule has 1 aliphatic heterocycles. The van der Waals surface area contributed by atoms with Crippen molar-refractivity contribution in [3.8, 4) is 17.6 Å². The minimum absolute atomic E-state index is 0.449. The van der Waals surface area contributed by atoms with E-state index >= 15 is 0 Å². The van der Waals surface area contributed by atoms with Crippen LogP contribution in [-0.2, 0) is 4.79 Å². The van der Waals surface area contributed by atoms with Crippen LogP contribution in [0.15, 0.2) is 42.7 Å². The Kier molecular flexibility index (Phi) is 4.44. The van der Waals surface area contributed by atoms with Gasteiger partial charge in [0.15, 0.2) is 12.3 Å². The van der Waals surface area contributed by atoms with E-state index < -0.39 is 18.2 Å². The monoisotopic (exact) mass is 311 g/mol. The highest BCUT2D eigenvalue weighted by atomic mass is 16.5. The first-order chi connectivity index (χ1) is 11.2. The summed E-state index contributed by atoms with van der Waals surface area (Å²) < 4.78 is 5.58. The van der Waals surface area contributed by atoms with Crippen molar-refractivity contribution in [2.75, 3.05) is 0 Å². The summed E-state index contributed by atoms with van der Waals surface area (Å²) in [5.41, 5.74) is 8.55. The Hall–Kier alpha value is -2.99. The van der Waals surface area contributed by atoms with E-state index in [4.69, 9.17) is 9.84 Å². The highest BCUT2D eigenvalue weighted by Gasteiger charge is 2.34. The number of carbonyl (C=O) groups is 1. The molecule has 2 heterocycles. The number of hydrazine groups is 2. The van der Waals surface area contributed by atoms with Crippen LogP contribution in [0.2, 0.25) is 0 Å². The van der Waals surface area contributed by atoms with Crippen LogP contribution >= 0.6 is 0 Å². The lowest BCUT2D eigenvalue weighted by molar-refractivity contribution is -0.141. The molecule has 0 radical (unpaired) electrons. The van der Waals surface area contributed by atoms with Crippen LogP contribution < -0.4 is 21.1 Å². The van der Waals surface area contributed by atoms with Gasteiger partial charge in [0.1, 0.15) is 5.75 Å². The quantitative estimate of drug-likeness (QED) is 0.570. The Morgan fingerprint density at radius 1 is 1.13 bits per heavy atom. The third kappa shape index (κ3) is 3.81. The number of rotatable bonds is 3. The Balaban J connectivity index is 1.66. The zero-order valence-electron chi connectivity index (χ0n) is 11.9. The van der Waals surface area contributed by atoms with Gasteiger partial charge in [-0.15, -0.1) is 0 Å². The molecule has 8 heteroatoms. The lowest BCUT2D eigenvalue weighted by Gasteiger charge is -2.16. The number of ether oxygens (including phenoxy) is 1. The van der Waals surface area contributed by atoms with Crippen LogP contribution in [-0.4, -0.2) is 33.3 Å². The molecular formula is C15H13N5O3. The van der Waals surface area contributed by atoms with E-state index in [2.05, 4.69) is 38.2 Å². The normalized spacial score (nSPS) is 19.7. The summed E-state index contributed by atoms with van der Waals surface area (Å²) in [6.07, 6.45) is 2.54. The van der Waals surface area contributed by atoms with Crippen LogP contribution in [0, 0.1) is 11.8 Å². The van der Waals surface area contributed by atoms with Gasteiger partial charge in [0.05, 0.1) is 0 Å². The largest absolute Gasteiger partial charge is 0.480 e. The van der Waals surface area contributed by atoms with Crippen LogP contribution in [0.3, 0.4) is 0 Å². The fraction of sp³-hybridized carbons (Fsp3) is 0.133. The molecule has 2 unspecified atom stereocenters. The molecule has 116 valence electrons. The molecule has 0 aliphatic carbocycles. The van der Waals surface area contributed by atoms with Gasteiger partial charge in [-0.2, -0.15) is 5.53 Å². The van der Waals surface area contributed by atoms with Gasteiger partial charge < -0.3 is 9.84 Å². The summed E-state index contributed by atoms with van der Waals surface area (Å²) in [4.78, 5) is 19.1. The van der Waals surface area contributed by atoms with E-state index in [9.17, 15) is 4.79 Å². The second-order valence-electron chi connectivity index (χ2n) is 4.61. The van der Waals surface area contributed by atoms with Crippen molar-refractivity contribution >= 4 is 5.97 Å². The SMILES string of the molecule is O=C(O)C1NNNC1Oc1ccc(C#Cc2ncccn2)cc1. The van der Waals surface area contributed by atoms with Gasteiger partial charge in [-0.3, -0.25) is 4.79 Å². The second kappa shape index (κ2) is 6.85. The van der Waals surface area contributed by atoms with Crippen molar-refractivity contribution in [3.05, 3.63) is 54.1 Å². The molecule has 4 N–H and O–H groups in total. The van der Waals surface area contributed by atoms with E-state index in [1.807, 2.05) is 0 Å². The fourth-order valence-corrected chi connectivity index (χ4v) is 1.89. The topological polar surface area (TPSA) is 108 Å². The van der Waals surface area contributed by atoms with Gasteiger partial charge in [-0.05, 0) is 36.3 Å². The molecule has 2 atom stereocenters. The van der Waals surface area contributed by atoms with Crippen molar-refractivity contribution in [2.45, 2.75) is 12.3 Å². The highest BCUT2D eigenvalue weighted by Crippen LogP contribution is 2.14. The van der Waals surface area contributed by atoms with Gasteiger partial charge in [-0.1, -0.05) is 5.92 Å². The molecule has 0 bridgehead atoms. The number of hydrogen-bond acceptors (Lipinski definition) is 7. The van der Waals surface area contributed by atoms with Crippen LogP contribution in [0.1, 0.15) is 11.4 Å². The van der Waals surface area contributed by atoms with Crippen LogP contribution in [0.4, 0.5) is 0 Å². The highest BCUT2D eigenvalue weighted by molar-refractivity contribution is 5.74. The summed E-state index contributed by atoms with van der Waals surface area (Å²) in [5.74, 6) is 5.76. The predicted molar refractivity (Wildman–Crippen MR) is 79.7 cm³/mol. The van der Waals surface area contributed by atoms with E-state index in [0.717, 1.165) is 5.56 Å². The van der Waals surface area contributed by atoms with Crippen molar-refractivity contribution in [1.82, 2.24) is 26.4 Å². The van der Waals surface area contributed by atoms with Gasteiger partial charge in [0.25, 0.3) is 0 Å². The smallest absolute Gasteiger partial charge is 0.327 e. The predicted octanol–water partition coefficient (Wildman–Crippen LogP) is -0.353. The maximum atomic E-state index is 11.0. The third-order valence-electron chi connectivity index (χ3n) is 3.01. The van der Waals surface area contributed by atoms with E-state index in [-0.39, 0.29) is 0 Å². The van der Waals surface area contributed by atoms with Gasteiger partial charge in [0, 0.05) is 18.0 Å². The molecule has 1 saturated heterocycles. The van der Waals surface area contributed by atoms with Crippen LogP contribution in [0.5, 0.6) is 5.75 Å². The Morgan fingerprint density at radius 2 is 1.87 bits per heavy atom. The summed E-state index contributed by atoms with van der Waals surface area (Å²) >= 11 is 0. The van der Waals surface area contributed by atoms with Crippen molar-refractivity contribution in [2.24, 2.45) is 0 Å². The molecule has 1 fully saturated rings. The summed E-state index contributed by atoms with van der Waals surface area (Å²) in [6, 6.07) is 7.82. The second-order valence-corrected chi connectivity index (χ2v) is 4.61.